The molecule has 0 saturated carbocycles. The molecular formula is C30H39F3N4O4. The van der Waals surface area contributed by atoms with Crippen LogP contribution in [-0.4, -0.2) is 87.7 Å². The van der Waals surface area contributed by atoms with Crippen molar-refractivity contribution in [1.82, 2.24) is 14.8 Å². The summed E-state index contributed by atoms with van der Waals surface area (Å²) in [5.74, 6) is 0.548. The van der Waals surface area contributed by atoms with Crippen molar-refractivity contribution in [1.29, 1.82) is 0 Å². The molecule has 4 N–H and O–H groups in total. The third kappa shape index (κ3) is 6.09. The van der Waals surface area contributed by atoms with Crippen LogP contribution in [0.1, 0.15) is 50.5 Å². The third-order valence-electron chi connectivity index (χ3n) is 9.24. The highest BCUT2D eigenvalue weighted by Crippen LogP contribution is 2.48. The summed E-state index contributed by atoms with van der Waals surface area (Å²) < 4.78 is 46.3. The molecule has 1 amide bonds. The Balaban J connectivity index is 1.08. The Labute approximate surface area is 238 Å². The number of halogens is 3. The number of amides is 1. The fourth-order valence-corrected chi connectivity index (χ4v) is 6.28. The lowest BCUT2D eigenvalue weighted by Crippen LogP contribution is -2.56. The number of aliphatic hydroxyl groups is 2. The average molecular weight is 577 g/mol. The maximum Gasteiger partial charge on any atom is 0.399 e. The van der Waals surface area contributed by atoms with E-state index in [1.54, 1.807) is 25.3 Å². The van der Waals surface area contributed by atoms with Crippen LogP contribution in [0.3, 0.4) is 0 Å². The van der Waals surface area contributed by atoms with Gasteiger partial charge in [-0.2, -0.15) is 13.2 Å². The number of aliphatic hydroxyl groups excluding tert-OH is 2. The number of alkyl halides is 3. The molecule has 3 heterocycles. The van der Waals surface area contributed by atoms with Crippen LogP contribution in [0.4, 0.5) is 13.2 Å². The van der Waals surface area contributed by atoms with Gasteiger partial charge in [0.05, 0.1) is 18.2 Å². The average Bonchev–Trinajstić information content (AvgIpc) is 3.24. The number of aromatic nitrogens is 1. The van der Waals surface area contributed by atoms with E-state index in [0.717, 1.165) is 18.4 Å². The highest BCUT2D eigenvalue weighted by molar-refractivity contribution is 5.97. The van der Waals surface area contributed by atoms with Crippen LogP contribution < -0.4 is 10.5 Å². The molecule has 2 aliphatic heterocycles. The van der Waals surface area contributed by atoms with Crippen molar-refractivity contribution in [2.75, 3.05) is 32.8 Å². The van der Waals surface area contributed by atoms with Crippen LogP contribution in [-0.2, 0) is 4.79 Å². The Morgan fingerprint density at radius 3 is 2.56 bits per heavy atom. The van der Waals surface area contributed by atoms with Crippen LogP contribution in [0, 0.1) is 11.3 Å². The maximum absolute atomic E-state index is 13.5. The van der Waals surface area contributed by atoms with E-state index in [-0.39, 0.29) is 43.7 Å². The Bertz CT molecular complexity index is 1190. The Hall–Kier alpha value is -2.73. The molecule has 8 nitrogen and oxygen atoms in total. The maximum atomic E-state index is 13.5. The molecule has 41 heavy (non-hydrogen) atoms. The van der Waals surface area contributed by atoms with Crippen molar-refractivity contribution in [2.24, 2.45) is 17.1 Å². The molecule has 0 radical (unpaired) electrons. The predicted molar refractivity (Wildman–Crippen MR) is 147 cm³/mol. The molecular weight excluding hydrogens is 537 g/mol. The summed E-state index contributed by atoms with van der Waals surface area (Å²) in [4.78, 5) is 21.0. The fourth-order valence-electron chi connectivity index (χ4n) is 6.28. The third-order valence-corrected chi connectivity index (χ3v) is 9.24. The van der Waals surface area contributed by atoms with Gasteiger partial charge in [0, 0.05) is 43.3 Å². The first-order valence-corrected chi connectivity index (χ1v) is 14.3. The van der Waals surface area contributed by atoms with Crippen molar-refractivity contribution in [3.05, 3.63) is 59.8 Å². The second-order valence-electron chi connectivity index (χ2n) is 12.2. The van der Waals surface area contributed by atoms with Gasteiger partial charge in [-0.15, -0.1) is 0 Å². The summed E-state index contributed by atoms with van der Waals surface area (Å²) in [6, 6.07) is 3.76. The lowest BCUT2D eigenvalue weighted by Gasteiger charge is -2.43. The Morgan fingerprint density at radius 2 is 2.02 bits per heavy atom. The second-order valence-corrected chi connectivity index (χ2v) is 12.2. The van der Waals surface area contributed by atoms with E-state index >= 15 is 0 Å². The van der Waals surface area contributed by atoms with Gasteiger partial charge >= 0.3 is 6.18 Å². The summed E-state index contributed by atoms with van der Waals surface area (Å²) in [5, 5.41) is 20.1. The van der Waals surface area contributed by atoms with Crippen molar-refractivity contribution in [3.63, 3.8) is 0 Å². The number of hydrogen-bond donors (Lipinski definition) is 3. The first kappa shape index (κ1) is 29.8. The molecule has 3 unspecified atom stereocenters. The normalized spacial score (nSPS) is 31.6. The monoisotopic (exact) mass is 576 g/mol. The number of hydrogen-bond acceptors (Lipinski definition) is 7. The number of β-amino-alcohol motifs (C(OH)–C–C–N with tert-alkyl or cyclic N) is 1. The van der Waals surface area contributed by atoms with E-state index in [2.05, 4.69) is 4.98 Å². The predicted octanol–water partition coefficient (Wildman–Crippen LogP) is 3.28. The SMILES string of the molecule is C[C@@]1(C(N)O)C[C@@H](O)CN1C(=O)C1=CCC(c2ccc(OCC3CCN(CC4(C(F)(F)F)C=CC4)CC3)nc2)C=C1. The van der Waals surface area contributed by atoms with E-state index in [4.69, 9.17) is 10.5 Å². The van der Waals surface area contributed by atoms with Crippen LogP contribution in [0.15, 0.2) is 54.3 Å². The lowest BCUT2D eigenvalue weighted by atomic mass is 9.74. The van der Waals surface area contributed by atoms with Crippen LogP contribution in [0.25, 0.3) is 0 Å². The zero-order valence-corrected chi connectivity index (χ0v) is 23.3. The first-order chi connectivity index (χ1) is 19.4. The minimum atomic E-state index is -4.21. The summed E-state index contributed by atoms with van der Waals surface area (Å²) >= 11 is 0. The molecule has 0 spiro atoms. The molecule has 11 heteroatoms. The molecule has 0 bridgehead atoms. The number of nitrogens with two attached hydrogens (primary N) is 1. The molecule has 4 aliphatic rings. The largest absolute Gasteiger partial charge is 0.477 e. The van der Waals surface area contributed by atoms with Crippen molar-refractivity contribution in [3.8, 4) is 5.88 Å². The van der Waals surface area contributed by atoms with Gasteiger partial charge in [0.25, 0.3) is 5.91 Å². The minimum absolute atomic E-state index is 0.0294. The number of piperidine rings is 1. The van der Waals surface area contributed by atoms with E-state index < -0.39 is 29.5 Å². The van der Waals surface area contributed by atoms with Crippen LogP contribution in [0.2, 0.25) is 0 Å². The number of likely N-dealkylation sites (tertiary alicyclic amines) is 2. The fraction of sp³-hybridized carbons (Fsp3) is 0.600. The molecule has 2 fully saturated rings. The van der Waals surface area contributed by atoms with Crippen LogP contribution >= 0.6 is 0 Å². The molecule has 5 atom stereocenters. The van der Waals surface area contributed by atoms with E-state index in [1.807, 2.05) is 29.2 Å². The summed E-state index contributed by atoms with van der Waals surface area (Å²) in [5.41, 5.74) is 4.50. The Kier molecular flexibility index (Phi) is 8.35. The van der Waals surface area contributed by atoms with Gasteiger partial charge in [-0.25, -0.2) is 4.98 Å². The zero-order chi connectivity index (χ0) is 29.4. The molecule has 5 rings (SSSR count). The van der Waals surface area contributed by atoms with Gasteiger partial charge < -0.3 is 30.5 Å². The van der Waals surface area contributed by atoms with Gasteiger partial charge in [0.15, 0.2) is 0 Å². The number of allylic oxidation sites excluding steroid dienone is 3. The van der Waals surface area contributed by atoms with Gasteiger partial charge in [0.2, 0.25) is 5.88 Å². The van der Waals surface area contributed by atoms with E-state index in [1.165, 1.54) is 11.0 Å². The van der Waals surface area contributed by atoms with Gasteiger partial charge in [-0.1, -0.05) is 36.4 Å². The number of nitrogens with zero attached hydrogens (tertiary/aromatic N) is 3. The standard InChI is InChI=1S/C30H39F3N4O4/c1-28(27(34)40)15-24(38)17-37(28)26(39)22-5-3-21(4-6-22)23-7-8-25(35-16-23)41-18-20-9-13-36(14-10-20)19-29(11-2-12-29)30(31,32)33/h2-3,5-8,11,16,20-21,24,27,38,40H,4,9-10,12-15,17-19,34H2,1H3/t21?,24-,27?,28+,29?/m1/s1. The van der Waals surface area contributed by atoms with E-state index in [0.29, 0.717) is 37.6 Å². The molecule has 2 aliphatic carbocycles. The molecule has 1 aromatic heterocycles. The molecule has 224 valence electrons. The second kappa shape index (κ2) is 11.5. The smallest absolute Gasteiger partial charge is 0.399 e. The molecule has 2 saturated heterocycles. The summed E-state index contributed by atoms with van der Waals surface area (Å²) in [6.45, 7) is 3.57. The summed E-state index contributed by atoms with van der Waals surface area (Å²) in [7, 11) is 0. The first-order valence-electron chi connectivity index (χ1n) is 14.3. The van der Waals surface area contributed by atoms with Crippen molar-refractivity contribution >= 4 is 5.91 Å². The highest BCUT2D eigenvalue weighted by Gasteiger charge is 2.56. The summed E-state index contributed by atoms with van der Waals surface area (Å²) in [6.07, 6.45) is 6.48. The lowest BCUT2D eigenvalue weighted by molar-refractivity contribution is -0.216. The number of rotatable bonds is 8. The highest BCUT2D eigenvalue weighted by atomic mass is 19.4. The van der Waals surface area contributed by atoms with Gasteiger partial charge in [0.1, 0.15) is 11.6 Å². The number of ether oxygens (including phenoxy) is 1. The molecule has 1 aromatic rings. The minimum Gasteiger partial charge on any atom is -0.477 e. The quantitative estimate of drug-likeness (QED) is 0.322. The molecule has 0 aromatic carbocycles. The topological polar surface area (TPSA) is 112 Å². The van der Waals surface area contributed by atoms with Gasteiger partial charge in [-0.3, -0.25) is 4.79 Å². The zero-order valence-electron chi connectivity index (χ0n) is 23.3. The number of carbonyl (C=O) groups is 1. The van der Waals surface area contributed by atoms with E-state index in [9.17, 15) is 28.2 Å². The van der Waals surface area contributed by atoms with Crippen molar-refractivity contribution in [2.45, 2.75) is 69.0 Å². The number of pyridine rings is 1. The van der Waals surface area contributed by atoms with Gasteiger partial charge in [-0.05, 0) is 57.2 Å². The Morgan fingerprint density at radius 1 is 1.29 bits per heavy atom. The van der Waals surface area contributed by atoms with Crippen LogP contribution in [0.5, 0.6) is 5.88 Å². The number of carbonyl (C=O) groups excluding carboxylic acids is 1. The van der Waals surface area contributed by atoms with Crippen molar-refractivity contribution < 1.29 is 32.9 Å².